The molecule has 0 saturated carbocycles. The third-order valence-electron chi connectivity index (χ3n) is 3.83. The van der Waals surface area contributed by atoms with Crippen LogP contribution in [0, 0.1) is 0 Å². The van der Waals surface area contributed by atoms with Crippen LogP contribution in [0.5, 0.6) is 11.5 Å². The zero-order valence-corrected chi connectivity index (χ0v) is 15.8. The van der Waals surface area contributed by atoms with Crippen LogP contribution in [0.15, 0.2) is 48.7 Å². The molecule has 1 heterocycles. The number of aryl methyl sites for hydroxylation is 1. The Balaban J connectivity index is 2.06. The van der Waals surface area contributed by atoms with Crippen molar-refractivity contribution >= 4 is 46.2 Å². The third kappa shape index (κ3) is 3.71. The molecule has 134 valence electrons. The Morgan fingerprint density at radius 1 is 1.15 bits per heavy atom. The van der Waals surface area contributed by atoms with E-state index in [2.05, 4.69) is 0 Å². The van der Waals surface area contributed by atoms with Crippen molar-refractivity contribution in [1.29, 1.82) is 0 Å². The van der Waals surface area contributed by atoms with E-state index in [4.69, 9.17) is 32.7 Å². The molecule has 26 heavy (non-hydrogen) atoms. The van der Waals surface area contributed by atoms with Crippen LogP contribution in [-0.4, -0.2) is 17.1 Å². The molecule has 2 aromatic carbocycles. The Morgan fingerprint density at radius 3 is 2.65 bits per heavy atom. The van der Waals surface area contributed by atoms with Gasteiger partial charge in [-0.2, -0.15) is 0 Å². The Labute approximate surface area is 161 Å². The maximum Gasteiger partial charge on any atom is 0.330 e. The molecule has 0 bridgehead atoms. The first-order chi connectivity index (χ1) is 12.5. The van der Waals surface area contributed by atoms with E-state index in [9.17, 15) is 4.79 Å². The SMILES string of the molecule is CCOC(=O)C=Cc1cn(C)c2cccc(Oc3cccc(Cl)c3Cl)c12. The Kier molecular flexibility index (Phi) is 5.55. The van der Waals surface area contributed by atoms with Gasteiger partial charge >= 0.3 is 5.97 Å². The summed E-state index contributed by atoms with van der Waals surface area (Å²) >= 11 is 12.3. The van der Waals surface area contributed by atoms with Crippen LogP contribution >= 0.6 is 23.2 Å². The van der Waals surface area contributed by atoms with Crippen LogP contribution < -0.4 is 4.74 Å². The lowest BCUT2D eigenvalue weighted by molar-refractivity contribution is -0.137. The van der Waals surface area contributed by atoms with E-state index in [1.807, 2.05) is 36.0 Å². The van der Waals surface area contributed by atoms with E-state index >= 15 is 0 Å². The molecule has 0 amide bonds. The molecule has 0 fully saturated rings. The highest BCUT2D eigenvalue weighted by molar-refractivity contribution is 6.42. The van der Waals surface area contributed by atoms with Crippen molar-refractivity contribution in [3.05, 3.63) is 64.3 Å². The fourth-order valence-electron chi connectivity index (χ4n) is 2.69. The summed E-state index contributed by atoms with van der Waals surface area (Å²) in [5, 5.41) is 1.64. The van der Waals surface area contributed by atoms with Gasteiger partial charge in [-0.25, -0.2) is 4.79 Å². The molecule has 0 aliphatic rings. The molecular formula is C20H17Cl2NO3. The molecule has 0 saturated heterocycles. The van der Waals surface area contributed by atoms with Gasteiger partial charge in [0.2, 0.25) is 0 Å². The van der Waals surface area contributed by atoms with E-state index < -0.39 is 0 Å². The van der Waals surface area contributed by atoms with Crippen LogP contribution in [-0.2, 0) is 16.6 Å². The van der Waals surface area contributed by atoms with Crippen molar-refractivity contribution in [2.45, 2.75) is 6.92 Å². The summed E-state index contributed by atoms with van der Waals surface area (Å²) in [7, 11) is 1.93. The lowest BCUT2D eigenvalue weighted by atomic mass is 10.1. The number of aromatic nitrogens is 1. The fourth-order valence-corrected chi connectivity index (χ4v) is 3.02. The zero-order chi connectivity index (χ0) is 18.7. The van der Waals surface area contributed by atoms with Gasteiger partial charge in [0.25, 0.3) is 0 Å². The summed E-state index contributed by atoms with van der Waals surface area (Å²) in [6.45, 7) is 2.10. The second-order valence-electron chi connectivity index (χ2n) is 5.59. The second kappa shape index (κ2) is 7.85. The average molecular weight is 390 g/mol. The molecule has 0 atom stereocenters. The predicted molar refractivity (Wildman–Crippen MR) is 105 cm³/mol. The van der Waals surface area contributed by atoms with Gasteiger partial charge in [0.05, 0.1) is 17.1 Å². The van der Waals surface area contributed by atoms with Gasteiger partial charge < -0.3 is 14.0 Å². The van der Waals surface area contributed by atoms with Gasteiger partial charge in [-0.15, -0.1) is 0 Å². The smallest absolute Gasteiger partial charge is 0.330 e. The number of carbonyl (C=O) groups is 1. The lowest BCUT2D eigenvalue weighted by Gasteiger charge is -2.10. The van der Waals surface area contributed by atoms with Gasteiger partial charge in [0.15, 0.2) is 0 Å². The maximum atomic E-state index is 11.6. The first-order valence-electron chi connectivity index (χ1n) is 8.06. The van der Waals surface area contributed by atoms with Crippen molar-refractivity contribution < 1.29 is 14.3 Å². The van der Waals surface area contributed by atoms with E-state index in [0.717, 1.165) is 16.5 Å². The molecule has 0 aliphatic carbocycles. The number of ether oxygens (including phenoxy) is 2. The average Bonchev–Trinajstić information content (AvgIpc) is 2.95. The van der Waals surface area contributed by atoms with Crippen molar-refractivity contribution in [3.63, 3.8) is 0 Å². The Bertz CT molecular complexity index is 992. The van der Waals surface area contributed by atoms with Crippen LogP contribution in [0.3, 0.4) is 0 Å². The van der Waals surface area contributed by atoms with Crippen molar-refractivity contribution in [1.82, 2.24) is 4.57 Å². The molecule has 6 heteroatoms. The summed E-state index contributed by atoms with van der Waals surface area (Å²) in [5.41, 5.74) is 1.80. The highest BCUT2D eigenvalue weighted by Gasteiger charge is 2.13. The lowest BCUT2D eigenvalue weighted by Crippen LogP contribution is -1.98. The van der Waals surface area contributed by atoms with Crippen LogP contribution in [0.4, 0.5) is 0 Å². The van der Waals surface area contributed by atoms with E-state index in [1.54, 1.807) is 31.2 Å². The van der Waals surface area contributed by atoms with Crippen LogP contribution in [0.2, 0.25) is 10.0 Å². The normalized spacial score (nSPS) is 11.2. The molecule has 3 aromatic rings. The number of benzene rings is 2. The minimum Gasteiger partial charge on any atom is -0.463 e. The molecule has 0 spiro atoms. The number of esters is 1. The van der Waals surface area contributed by atoms with E-state index in [0.29, 0.717) is 28.2 Å². The van der Waals surface area contributed by atoms with Crippen molar-refractivity contribution in [2.24, 2.45) is 7.05 Å². The largest absolute Gasteiger partial charge is 0.463 e. The quantitative estimate of drug-likeness (QED) is 0.405. The molecule has 3 rings (SSSR count). The number of hydrogen-bond acceptors (Lipinski definition) is 3. The van der Waals surface area contributed by atoms with Crippen molar-refractivity contribution in [2.75, 3.05) is 6.61 Å². The highest BCUT2D eigenvalue weighted by Crippen LogP contribution is 2.38. The zero-order valence-electron chi connectivity index (χ0n) is 14.3. The van der Waals surface area contributed by atoms with Gasteiger partial charge in [-0.3, -0.25) is 0 Å². The van der Waals surface area contributed by atoms with E-state index in [-0.39, 0.29) is 5.97 Å². The topological polar surface area (TPSA) is 40.5 Å². The summed E-state index contributed by atoms with van der Waals surface area (Å²) < 4.78 is 12.9. The Hall–Kier alpha value is -2.43. The van der Waals surface area contributed by atoms with E-state index in [1.165, 1.54) is 6.08 Å². The number of nitrogens with zero attached hydrogens (tertiary/aromatic N) is 1. The van der Waals surface area contributed by atoms with Crippen LogP contribution in [0.25, 0.3) is 17.0 Å². The van der Waals surface area contributed by atoms with Gasteiger partial charge in [0, 0.05) is 30.3 Å². The second-order valence-corrected chi connectivity index (χ2v) is 6.37. The molecule has 0 unspecified atom stereocenters. The molecule has 1 aromatic heterocycles. The number of fused-ring (bicyclic) bond motifs is 1. The minimum atomic E-state index is -0.388. The number of rotatable bonds is 5. The van der Waals surface area contributed by atoms with Gasteiger partial charge in [-0.1, -0.05) is 35.3 Å². The van der Waals surface area contributed by atoms with Crippen molar-refractivity contribution in [3.8, 4) is 11.5 Å². The minimum absolute atomic E-state index is 0.334. The molecule has 0 N–H and O–H groups in total. The Morgan fingerprint density at radius 2 is 1.88 bits per heavy atom. The number of halogens is 2. The molecule has 4 nitrogen and oxygen atoms in total. The maximum absolute atomic E-state index is 11.6. The fraction of sp³-hybridized carbons (Fsp3) is 0.150. The first kappa shape index (κ1) is 18.4. The first-order valence-corrected chi connectivity index (χ1v) is 8.81. The van der Waals surface area contributed by atoms with Gasteiger partial charge in [0.1, 0.15) is 16.5 Å². The third-order valence-corrected chi connectivity index (χ3v) is 4.63. The summed E-state index contributed by atoms with van der Waals surface area (Å²) in [4.78, 5) is 11.6. The molecule has 0 radical (unpaired) electrons. The van der Waals surface area contributed by atoms with Crippen LogP contribution in [0.1, 0.15) is 12.5 Å². The summed E-state index contributed by atoms with van der Waals surface area (Å²) in [5.74, 6) is 0.701. The monoisotopic (exact) mass is 389 g/mol. The molecular weight excluding hydrogens is 373 g/mol. The summed E-state index contributed by atoms with van der Waals surface area (Å²) in [6.07, 6.45) is 5.04. The predicted octanol–water partition coefficient (Wildman–Crippen LogP) is 5.85. The highest BCUT2D eigenvalue weighted by atomic mass is 35.5. The number of carbonyl (C=O) groups excluding carboxylic acids is 1. The summed E-state index contributed by atoms with van der Waals surface area (Å²) in [6, 6.07) is 11.0. The standard InChI is InChI=1S/C20H17Cl2NO3/c1-3-25-18(24)11-10-13-12-23(2)15-7-5-8-16(19(13)15)26-17-9-4-6-14(21)20(17)22/h4-12H,3H2,1-2H3. The van der Waals surface area contributed by atoms with Gasteiger partial charge in [-0.05, 0) is 37.3 Å². The number of hydrogen-bond donors (Lipinski definition) is 0. The molecule has 0 aliphatic heterocycles.